The molecule has 2 rings (SSSR count). The average Bonchev–Trinajstić information content (AvgIpc) is 2.41. The topological polar surface area (TPSA) is 38.8 Å². The third-order valence-corrected chi connectivity index (χ3v) is 3.77. The Kier molecular flexibility index (Phi) is 5.22. The molecule has 0 aliphatic carbocycles. The summed E-state index contributed by atoms with van der Waals surface area (Å²) >= 11 is 6.19. The standard InChI is InChI=1S/C17H24ClNO3/c1-12-5-6-15(14(18)11-12)21-13-7-9-19(10-8-13)16(20)22-17(2,3)4/h5-6,11,13H,7-10H2,1-4H3. The van der Waals surface area contributed by atoms with Gasteiger partial charge in [0.25, 0.3) is 0 Å². The number of nitrogens with zero attached hydrogens (tertiary/aromatic N) is 1. The summed E-state index contributed by atoms with van der Waals surface area (Å²) in [6.45, 7) is 8.90. The molecule has 0 unspecified atom stereocenters. The second-order valence-electron chi connectivity index (χ2n) is 6.72. The number of amides is 1. The van der Waals surface area contributed by atoms with Crippen molar-refractivity contribution in [2.24, 2.45) is 0 Å². The zero-order chi connectivity index (χ0) is 16.3. The molecule has 0 N–H and O–H groups in total. The molecule has 1 saturated heterocycles. The number of benzene rings is 1. The highest BCUT2D eigenvalue weighted by Crippen LogP contribution is 2.28. The van der Waals surface area contributed by atoms with Crippen molar-refractivity contribution in [1.82, 2.24) is 4.90 Å². The lowest BCUT2D eigenvalue weighted by molar-refractivity contribution is 0.0126. The first-order valence-corrected chi connectivity index (χ1v) is 8.03. The molecule has 0 spiro atoms. The highest BCUT2D eigenvalue weighted by atomic mass is 35.5. The first-order valence-electron chi connectivity index (χ1n) is 7.65. The molecule has 1 aromatic carbocycles. The molecule has 1 heterocycles. The number of aryl methyl sites for hydroxylation is 1. The maximum Gasteiger partial charge on any atom is 0.410 e. The minimum Gasteiger partial charge on any atom is -0.489 e. The Labute approximate surface area is 137 Å². The molecule has 0 bridgehead atoms. The molecule has 1 aliphatic heterocycles. The van der Waals surface area contributed by atoms with Gasteiger partial charge in [0.15, 0.2) is 0 Å². The van der Waals surface area contributed by atoms with E-state index >= 15 is 0 Å². The van der Waals surface area contributed by atoms with Gasteiger partial charge in [-0.1, -0.05) is 17.7 Å². The van der Waals surface area contributed by atoms with E-state index in [9.17, 15) is 4.79 Å². The number of rotatable bonds is 2. The molecular weight excluding hydrogens is 302 g/mol. The second-order valence-corrected chi connectivity index (χ2v) is 7.13. The summed E-state index contributed by atoms with van der Waals surface area (Å²) in [5.74, 6) is 0.711. The van der Waals surface area contributed by atoms with E-state index in [0.717, 1.165) is 18.4 Å². The van der Waals surface area contributed by atoms with Gasteiger partial charge in [-0.25, -0.2) is 4.79 Å². The molecule has 4 nitrogen and oxygen atoms in total. The van der Waals surface area contributed by atoms with E-state index in [1.54, 1.807) is 4.90 Å². The van der Waals surface area contributed by atoms with E-state index in [4.69, 9.17) is 21.1 Å². The molecule has 5 heteroatoms. The molecule has 1 fully saturated rings. The monoisotopic (exact) mass is 325 g/mol. The van der Waals surface area contributed by atoms with Crippen LogP contribution < -0.4 is 4.74 Å². The highest BCUT2D eigenvalue weighted by Gasteiger charge is 2.27. The van der Waals surface area contributed by atoms with E-state index < -0.39 is 5.60 Å². The quantitative estimate of drug-likeness (QED) is 0.807. The molecule has 1 aromatic rings. The van der Waals surface area contributed by atoms with E-state index in [1.807, 2.05) is 45.9 Å². The minimum atomic E-state index is -0.458. The van der Waals surface area contributed by atoms with E-state index in [1.165, 1.54) is 0 Å². The largest absolute Gasteiger partial charge is 0.489 e. The van der Waals surface area contributed by atoms with Gasteiger partial charge in [-0.3, -0.25) is 0 Å². The summed E-state index contributed by atoms with van der Waals surface area (Å²) in [6, 6.07) is 5.78. The second kappa shape index (κ2) is 6.78. The van der Waals surface area contributed by atoms with Crippen molar-refractivity contribution in [1.29, 1.82) is 0 Å². The fourth-order valence-corrected chi connectivity index (χ4v) is 2.64. The molecule has 1 amide bonds. The summed E-state index contributed by atoms with van der Waals surface area (Å²) < 4.78 is 11.3. The average molecular weight is 326 g/mol. The Morgan fingerprint density at radius 1 is 1.27 bits per heavy atom. The maximum atomic E-state index is 12.0. The van der Waals surface area contributed by atoms with Crippen LogP contribution in [0.3, 0.4) is 0 Å². The zero-order valence-corrected chi connectivity index (χ0v) is 14.4. The summed E-state index contributed by atoms with van der Waals surface area (Å²) in [6.07, 6.45) is 1.39. The van der Waals surface area contributed by atoms with Crippen LogP contribution in [0.4, 0.5) is 4.79 Å². The smallest absolute Gasteiger partial charge is 0.410 e. The number of likely N-dealkylation sites (tertiary alicyclic amines) is 1. The molecule has 122 valence electrons. The van der Waals surface area contributed by atoms with Crippen LogP contribution in [0.15, 0.2) is 18.2 Å². The van der Waals surface area contributed by atoms with Crippen molar-refractivity contribution in [2.45, 2.75) is 52.2 Å². The Hall–Kier alpha value is -1.42. The van der Waals surface area contributed by atoms with Crippen LogP contribution in [0.2, 0.25) is 5.02 Å². The molecule has 1 aliphatic rings. The fraction of sp³-hybridized carbons (Fsp3) is 0.588. The van der Waals surface area contributed by atoms with Crippen molar-refractivity contribution in [2.75, 3.05) is 13.1 Å². The number of carbonyl (C=O) groups excluding carboxylic acids is 1. The molecule has 0 aromatic heterocycles. The summed E-state index contributed by atoms with van der Waals surface area (Å²) in [4.78, 5) is 13.8. The van der Waals surface area contributed by atoms with Crippen molar-refractivity contribution < 1.29 is 14.3 Å². The first-order chi connectivity index (χ1) is 10.2. The van der Waals surface area contributed by atoms with Crippen LogP contribution in [0.1, 0.15) is 39.2 Å². The van der Waals surface area contributed by atoms with E-state index in [-0.39, 0.29) is 12.2 Å². The van der Waals surface area contributed by atoms with Gasteiger partial charge in [0.1, 0.15) is 17.5 Å². The maximum absolute atomic E-state index is 12.0. The molecule has 22 heavy (non-hydrogen) atoms. The number of hydrogen-bond acceptors (Lipinski definition) is 3. The van der Waals surface area contributed by atoms with Gasteiger partial charge in [-0.15, -0.1) is 0 Å². The number of ether oxygens (including phenoxy) is 2. The normalized spacial score (nSPS) is 16.5. The van der Waals surface area contributed by atoms with Crippen molar-refractivity contribution in [3.8, 4) is 5.75 Å². The highest BCUT2D eigenvalue weighted by molar-refractivity contribution is 6.32. The van der Waals surface area contributed by atoms with Gasteiger partial charge >= 0.3 is 6.09 Å². The minimum absolute atomic E-state index is 0.0823. The molecule has 0 saturated carbocycles. The van der Waals surface area contributed by atoms with Crippen LogP contribution in [0.25, 0.3) is 0 Å². The Balaban J connectivity index is 1.86. The van der Waals surface area contributed by atoms with Crippen LogP contribution in [-0.4, -0.2) is 35.8 Å². The van der Waals surface area contributed by atoms with Crippen molar-refractivity contribution >= 4 is 17.7 Å². The molecular formula is C17H24ClNO3. The van der Waals surface area contributed by atoms with Crippen LogP contribution in [0, 0.1) is 6.92 Å². The van der Waals surface area contributed by atoms with Gasteiger partial charge in [-0.05, 0) is 45.4 Å². The Bertz CT molecular complexity index is 531. The molecule has 0 atom stereocenters. The summed E-state index contributed by atoms with van der Waals surface area (Å²) in [7, 11) is 0. The van der Waals surface area contributed by atoms with Crippen molar-refractivity contribution in [3.63, 3.8) is 0 Å². The lowest BCUT2D eigenvalue weighted by atomic mass is 10.1. The first kappa shape index (κ1) is 16.9. The van der Waals surface area contributed by atoms with Gasteiger partial charge < -0.3 is 14.4 Å². The molecule has 0 radical (unpaired) electrons. The number of halogens is 1. The van der Waals surface area contributed by atoms with Gasteiger partial charge in [-0.2, -0.15) is 0 Å². The summed E-state index contributed by atoms with van der Waals surface area (Å²) in [5, 5.41) is 0.634. The van der Waals surface area contributed by atoms with Crippen LogP contribution in [0.5, 0.6) is 5.75 Å². The SMILES string of the molecule is Cc1ccc(OC2CCN(C(=O)OC(C)(C)C)CC2)c(Cl)c1. The third kappa shape index (κ3) is 4.80. The number of piperidine rings is 1. The Morgan fingerprint density at radius 3 is 2.45 bits per heavy atom. The van der Waals surface area contributed by atoms with Gasteiger partial charge in [0.2, 0.25) is 0 Å². The lowest BCUT2D eigenvalue weighted by Gasteiger charge is -2.33. The van der Waals surface area contributed by atoms with Gasteiger partial charge in [0.05, 0.1) is 5.02 Å². The van der Waals surface area contributed by atoms with E-state index in [0.29, 0.717) is 23.9 Å². The fourth-order valence-electron chi connectivity index (χ4n) is 2.36. The van der Waals surface area contributed by atoms with E-state index in [2.05, 4.69) is 0 Å². The number of hydrogen-bond donors (Lipinski definition) is 0. The van der Waals surface area contributed by atoms with Crippen molar-refractivity contribution in [3.05, 3.63) is 28.8 Å². The lowest BCUT2D eigenvalue weighted by Crippen LogP contribution is -2.44. The third-order valence-electron chi connectivity index (χ3n) is 3.47. The van der Waals surface area contributed by atoms with Gasteiger partial charge in [0, 0.05) is 25.9 Å². The zero-order valence-electron chi connectivity index (χ0n) is 13.7. The Morgan fingerprint density at radius 2 is 1.91 bits per heavy atom. The van der Waals surface area contributed by atoms with Crippen LogP contribution >= 0.6 is 11.6 Å². The predicted molar refractivity (Wildman–Crippen MR) is 87.6 cm³/mol. The number of carbonyl (C=O) groups is 1. The summed E-state index contributed by atoms with van der Waals surface area (Å²) in [5.41, 5.74) is 0.650. The predicted octanol–water partition coefficient (Wildman–Crippen LogP) is 4.43. The van der Waals surface area contributed by atoms with Crippen LogP contribution in [-0.2, 0) is 4.74 Å².